The molecule has 2 rings (SSSR count). The summed E-state index contributed by atoms with van der Waals surface area (Å²) in [5.74, 6) is 0. The van der Waals surface area contributed by atoms with Crippen LogP contribution < -0.4 is 5.32 Å². The van der Waals surface area contributed by atoms with Crippen LogP contribution in [0.1, 0.15) is 39.0 Å². The van der Waals surface area contributed by atoms with E-state index in [1.807, 2.05) is 23.1 Å². The molecule has 0 amide bonds. The zero-order chi connectivity index (χ0) is 12.6. The molecular weight excluding hydrogens is 226 g/mol. The first-order chi connectivity index (χ1) is 8.88. The topological polar surface area (TPSA) is 39.1 Å². The Bertz CT molecular complexity index is 311. The van der Waals surface area contributed by atoms with Gasteiger partial charge in [-0.2, -0.15) is 5.10 Å². The van der Waals surface area contributed by atoms with Crippen LogP contribution in [-0.4, -0.2) is 35.1 Å². The molecule has 18 heavy (non-hydrogen) atoms. The van der Waals surface area contributed by atoms with E-state index in [2.05, 4.69) is 17.3 Å². The molecule has 1 N–H and O–H groups in total. The highest BCUT2D eigenvalue weighted by atomic mass is 16.5. The van der Waals surface area contributed by atoms with Gasteiger partial charge in [0, 0.05) is 31.6 Å². The molecule has 1 aromatic rings. The summed E-state index contributed by atoms with van der Waals surface area (Å²) < 4.78 is 7.75. The van der Waals surface area contributed by atoms with E-state index < -0.39 is 0 Å². The molecule has 2 unspecified atom stereocenters. The van der Waals surface area contributed by atoms with Crippen molar-refractivity contribution in [3.8, 4) is 0 Å². The lowest BCUT2D eigenvalue weighted by Crippen LogP contribution is -2.39. The zero-order valence-corrected chi connectivity index (χ0v) is 11.3. The van der Waals surface area contributed by atoms with Crippen LogP contribution >= 0.6 is 0 Å². The predicted octanol–water partition coefficient (Wildman–Crippen LogP) is 2.21. The van der Waals surface area contributed by atoms with Gasteiger partial charge in [0.2, 0.25) is 0 Å². The van der Waals surface area contributed by atoms with E-state index in [9.17, 15) is 0 Å². The second kappa shape index (κ2) is 7.54. The van der Waals surface area contributed by atoms with Crippen LogP contribution in [-0.2, 0) is 11.3 Å². The van der Waals surface area contributed by atoms with Crippen LogP contribution in [0.2, 0.25) is 0 Å². The maximum Gasteiger partial charge on any atom is 0.0589 e. The van der Waals surface area contributed by atoms with Crippen molar-refractivity contribution < 1.29 is 4.74 Å². The van der Waals surface area contributed by atoms with Crippen molar-refractivity contribution in [1.82, 2.24) is 15.1 Å². The van der Waals surface area contributed by atoms with Gasteiger partial charge in [-0.25, -0.2) is 0 Å². The average Bonchev–Trinajstić information content (AvgIpc) is 2.89. The highest BCUT2D eigenvalue weighted by Gasteiger charge is 2.20. The summed E-state index contributed by atoms with van der Waals surface area (Å²) in [7, 11) is 0. The third-order valence-corrected chi connectivity index (χ3v) is 3.53. The quantitative estimate of drug-likeness (QED) is 0.755. The summed E-state index contributed by atoms with van der Waals surface area (Å²) >= 11 is 0. The molecule has 0 aliphatic carbocycles. The normalized spacial score (nSPS) is 24.3. The fraction of sp³-hybridized carbons (Fsp3) is 0.786. The van der Waals surface area contributed by atoms with Gasteiger partial charge in [0.1, 0.15) is 0 Å². The van der Waals surface area contributed by atoms with Crippen LogP contribution in [0.5, 0.6) is 0 Å². The molecule has 2 atom stereocenters. The van der Waals surface area contributed by atoms with Crippen LogP contribution in [0, 0.1) is 0 Å². The number of hydrogen-bond donors (Lipinski definition) is 1. The molecule has 0 radical (unpaired) electrons. The summed E-state index contributed by atoms with van der Waals surface area (Å²) in [6, 6.07) is 2.62. The Labute approximate surface area is 110 Å². The standard InChI is InChI=1S/C14H25N3O/c1-2-5-14-12-13(6-11-18-14)15-7-3-9-17-10-4-8-16-17/h4,8,10,13-15H,2-3,5-7,9,11-12H2,1H3. The molecule has 1 fully saturated rings. The van der Waals surface area contributed by atoms with Crippen molar-refractivity contribution in [2.75, 3.05) is 13.2 Å². The molecule has 1 saturated heterocycles. The van der Waals surface area contributed by atoms with Gasteiger partial charge in [-0.15, -0.1) is 0 Å². The average molecular weight is 251 g/mol. The Balaban J connectivity index is 1.58. The van der Waals surface area contributed by atoms with Crippen molar-refractivity contribution >= 4 is 0 Å². The van der Waals surface area contributed by atoms with Crippen LogP contribution in [0.25, 0.3) is 0 Å². The van der Waals surface area contributed by atoms with Crippen molar-refractivity contribution in [2.45, 2.75) is 57.7 Å². The Morgan fingerprint density at radius 3 is 3.22 bits per heavy atom. The summed E-state index contributed by atoms with van der Waals surface area (Å²) in [4.78, 5) is 0. The molecule has 1 aliphatic rings. The van der Waals surface area contributed by atoms with E-state index in [0.29, 0.717) is 12.1 Å². The minimum absolute atomic E-state index is 0.479. The van der Waals surface area contributed by atoms with E-state index >= 15 is 0 Å². The molecule has 2 heterocycles. The highest BCUT2D eigenvalue weighted by molar-refractivity contribution is 4.78. The summed E-state index contributed by atoms with van der Waals surface area (Å²) in [5.41, 5.74) is 0. The van der Waals surface area contributed by atoms with E-state index in [1.54, 1.807) is 0 Å². The molecule has 4 heteroatoms. The van der Waals surface area contributed by atoms with Gasteiger partial charge in [-0.1, -0.05) is 13.3 Å². The number of nitrogens with zero attached hydrogens (tertiary/aromatic N) is 2. The first-order valence-electron chi connectivity index (χ1n) is 7.21. The van der Waals surface area contributed by atoms with Gasteiger partial charge in [0.05, 0.1) is 6.10 Å². The third-order valence-electron chi connectivity index (χ3n) is 3.53. The van der Waals surface area contributed by atoms with E-state index in [0.717, 1.165) is 32.5 Å². The number of aromatic nitrogens is 2. The molecule has 0 bridgehead atoms. The number of aryl methyl sites for hydroxylation is 1. The third kappa shape index (κ3) is 4.42. The number of hydrogen-bond acceptors (Lipinski definition) is 3. The number of nitrogens with one attached hydrogen (secondary N) is 1. The van der Waals surface area contributed by atoms with Gasteiger partial charge >= 0.3 is 0 Å². The molecule has 0 aromatic carbocycles. The molecule has 4 nitrogen and oxygen atoms in total. The Morgan fingerprint density at radius 1 is 1.50 bits per heavy atom. The molecule has 102 valence electrons. The number of rotatable bonds is 7. The fourth-order valence-corrected chi connectivity index (χ4v) is 2.57. The highest BCUT2D eigenvalue weighted by Crippen LogP contribution is 2.17. The first kappa shape index (κ1) is 13.6. The second-order valence-electron chi connectivity index (χ2n) is 5.08. The van der Waals surface area contributed by atoms with Crippen LogP contribution in [0.15, 0.2) is 18.5 Å². The van der Waals surface area contributed by atoms with Gasteiger partial charge in [-0.05, 0) is 38.3 Å². The lowest BCUT2D eigenvalue weighted by atomic mass is 10.00. The summed E-state index contributed by atoms with van der Waals surface area (Å²) in [5, 5.41) is 7.86. The molecule has 1 aromatic heterocycles. The van der Waals surface area contributed by atoms with Crippen molar-refractivity contribution in [1.29, 1.82) is 0 Å². The molecule has 0 saturated carbocycles. The van der Waals surface area contributed by atoms with Gasteiger partial charge < -0.3 is 10.1 Å². The second-order valence-corrected chi connectivity index (χ2v) is 5.08. The zero-order valence-electron chi connectivity index (χ0n) is 11.3. The van der Waals surface area contributed by atoms with E-state index in [1.165, 1.54) is 19.3 Å². The van der Waals surface area contributed by atoms with Crippen molar-refractivity contribution in [3.63, 3.8) is 0 Å². The van der Waals surface area contributed by atoms with Crippen LogP contribution in [0.3, 0.4) is 0 Å². The molecular formula is C14H25N3O. The predicted molar refractivity (Wildman–Crippen MR) is 72.5 cm³/mol. The fourth-order valence-electron chi connectivity index (χ4n) is 2.57. The SMILES string of the molecule is CCCC1CC(NCCCn2cccn2)CCO1. The summed E-state index contributed by atoms with van der Waals surface area (Å²) in [6.07, 6.45) is 10.2. The maximum atomic E-state index is 5.76. The van der Waals surface area contributed by atoms with Gasteiger partial charge in [0.25, 0.3) is 0 Å². The number of ether oxygens (including phenoxy) is 1. The monoisotopic (exact) mass is 251 g/mol. The van der Waals surface area contributed by atoms with Crippen LogP contribution in [0.4, 0.5) is 0 Å². The molecule has 1 aliphatic heterocycles. The Hall–Kier alpha value is -0.870. The maximum absolute atomic E-state index is 5.76. The van der Waals surface area contributed by atoms with Gasteiger partial charge in [-0.3, -0.25) is 4.68 Å². The Kier molecular flexibility index (Phi) is 5.68. The van der Waals surface area contributed by atoms with Crippen molar-refractivity contribution in [2.24, 2.45) is 0 Å². The van der Waals surface area contributed by atoms with Crippen molar-refractivity contribution in [3.05, 3.63) is 18.5 Å². The Morgan fingerprint density at radius 2 is 2.44 bits per heavy atom. The van der Waals surface area contributed by atoms with E-state index in [4.69, 9.17) is 4.74 Å². The minimum Gasteiger partial charge on any atom is -0.378 e. The smallest absolute Gasteiger partial charge is 0.0589 e. The molecule has 0 spiro atoms. The van der Waals surface area contributed by atoms with Gasteiger partial charge in [0.15, 0.2) is 0 Å². The lowest BCUT2D eigenvalue weighted by molar-refractivity contribution is -0.00314. The first-order valence-corrected chi connectivity index (χ1v) is 7.21. The minimum atomic E-state index is 0.479. The largest absolute Gasteiger partial charge is 0.378 e. The summed E-state index contributed by atoms with van der Waals surface area (Å²) in [6.45, 7) is 5.22. The lowest BCUT2D eigenvalue weighted by Gasteiger charge is -2.30. The van der Waals surface area contributed by atoms with E-state index in [-0.39, 0.29) is 0 Å².